The lowest BCUT2D eigenvalue weighted by atomic mass is 10.2. The molecule has 19 heavy (non-hydrogen) atoms. The fourth-order valence-corrected chi connectivity index (χ4v) is 1.81. The smallest absolute Gasteiger partial charge is 0.262 e. The van der Waals surface area contributed by atoms with Crippen LogP contribution in [0.2, 0.25) is 0 Å². The van der Waals surface area contributed by atoms with Crippen LogP contribution in [0.25, 0.3) is 0 Å². The van der Waals surface area contributed by atoms with Crippen LogP contribution in [0.15, 0.2) is 6.33 Å². The molecule has 1 aromatic heterocycles. The lowest BCUT2D eigenvalue weighted by Gasteiger charge is -2.12. The molecule has 1 N–H and O–H groups in total. The summed E-state index contributed by atoms with van der Waals surface area (Å²) in [7, 11) is 1.60. The summed E-state index contributed by atoms with van der Waals surface area (Å²) in [4.78, 5) is 8.27. The Morgan fingerprint density at radius 3 is 2.58 bits per heavy atom. The SMILES string of the molecule is CCCCCCCOc1ncnc(NCC)c1OC. The van der Waals surface area contributed by atoms with Gasteiger partial charge < -0.3 is 14.8 Å². The van der Waals surface area contributed by atoms with Crippen molar-refractivity contribution >= 4 is 5.82 Å². The van der Waals surface area contributed by atoms with Gasteiger partial charge in [-0.1, -0.05) is 32.6 Å². The Labute approximate surface area is 115 Å². The fourth-order valence-electron chi connectivity index (χ4n) is 1.81. The molecule has 0 aliphatic rings. The Morgan fingerprint density at radius 2 is 1.89 bits per heavy atom. The summed E-state index contributed by atoms with van der Waals surface area (Å²) in [5.41, 5.74) is 0. The third-order valence-electron chi connectivity index (χ3n) is 2.81. The number of unbranched alkanes of at least 4 members (excludes halogenated alkanes) is 4. The Balaban J connectivity index is 2.46. The molecular weight excluding hydrogens is 242 g/mol. The lowest BCUT2D eigenvalue weighted by Crippen LogP contribution is -2.06. The topological polar surface area (TPSA) is 56.3 Å². The molecule has 0 saturated carbocycles. The van der Waals surface area contributed by atoms with Crippen molar-refractivity contribution in [2.45, 2.75) is 46.0 Å². The predicted molar refractivity (Wildman–Crippen MR) is 77.0 cm³/mol. The van der Waals surface area contributed by atoms with Gasteiger partial charge in [0.1, 0.15) is 6.33 Å². The average molecular weight is 267 g/mol. The molecule has 0 aliphatic heterocycles. The van der Waals surface area contributed by atoms with Gasteiger partial charge in [-0.15, -0.1) is 0 Å². The maximum Gasteiger partial charge on any atom is 0.262 e. The molecule has 0 bridgehead atoms. The number of nitrogens with one attached hydrogen (secondary N) is 1. The van der Waals surface area contributed by atoms with E-state index in [1.165, 1.54) is 32.0 Å². The van der Waals surface area contributed by atoms with Crippen LogP contribution < -0.4 is 14.8 Å². The van der Waals surface area contributed by atoms with Crippen LogP contribution in [0.1, 0.15) is 46.0 Å². The van der Waals surface area contributed by atoms with E-state index in [2.05, 4.69) is 22.2 Å². The number of nitrogens with zero attached hydrogens (tertiary/aromatic N) is 2. The van der Waals surface area contributed by atoms with E-state index >= 15 is 0 Å². The van der Waals surface area contributed by atoms with Crippen LogP contribution in [0, 0.1) is 0 Å². The number of hydrogen-bond donors (Lipinski definition) is 1. The molecule has 1 rings (SSSR count). The summed E-state index contributed by atoms with van der Waals surface area (Å²) in [5, 5.41) is 3.13. The summed E-state index contributed by atoms with van der Waals surface area (Å²) in [6.45, 7) is 5.67. The first-order chi connectivity index (χ1) is 9.33. The van der Waals surface area contributed by atoms with Gasteiger partial charge in [0.05, 0.1) is 13.7 Å². The standard InChI is InChI=1S/C14H25N3O2/c1-4-6-7-8-9-10-19-14-12(18-3)13(15-5-2)16-11-17-14/h11H,4-10H2,1-3H3,(H,15,16,17). The van der Waals surface area contributed by atoms with Gasteiger partial charge in [0.15, 0.2) is 5.82 Å². The normalized spacial score (nSPS) is 10.3. The van der Waals surface area contributed by atoms with E-state index in [1.807, 2.05) is 6.92 Å². The highest BCUT2D eigenvalue weighted by Crippen LogP contribution is 2.30. The molecule has 0 spiro atoms. The van der Waals surface area contributed by atoms with Crippen molar-refractivity contribution in [2.24, 2.45) is 0 Å². The van der Waals surface area contributed by atoms with E-state index in [0.717, 1.165) is 13.0 Å². The van der Waals surface area contributed by atoms with E-state index in [9.17, 15) is 0 Å². The van der Waals surface area contributed by atoms with E-state index in [1.54, 1.807) is 7.11 Å². The maximum atomic E-state index is 5.68. The Morgan fingerprint density at radius 1 is 1.11 bits per heavy atom. The molecular formula is C14H25N3O2. The molecule has 0 aliphatic carbocycles. The molecule has 0 saturated heterocycles. The quantitative estimate of drug-likeness (QED) is 0.659. The summed E-state index contributed by atoms with van der Waals surface area (Å²) in [6.07, 6.45) is 7.55. The van der Waals surface area contributed by atoms with Crippen molar-refractivity contribution in [2.75, 3.05) is 25.6 Å². The summed E-state index contributed by atoms with van der Waals surface area (Å²) < 4.78 is 11.0. The molecule has 108 valence electrons. The molecule has 0 fully saturated rings. The van der Waals surface area contributed by atoms with E-state index in [4.69, 9.17) is 9.47 Å². The number of rotatable bonds is 10. The third kappa shape index (κ3) is 5.32. The minimum atomic E-state index is 0.518. The fraction of sp³-hybridized carbons (Fsp3) is 0.714. The number of methoxy groups -OCH3 is 1. The van der Waals surface area contributed by atoms with Gasteiger partial charge in [0.2, 0.25) is 5.75 Å². The molecule has 0 aromatic carbocycles. The predicted octanol–water partition coefficient (Wildman–Crippen LogP) is 3.27. The number of anilines is 1. The van der Waals surface area contributed by atoms with Crippen molar-refractivity contribution in [3.8, 4) is 11.6 Å². The molecule has 0 amide bonds. The summed E-state index contributed by atoms with van der Waals surface area (Å²) in [6, 6.07) is 0. The van der Waals surface area contributed by atoms with Gasteiger partial charge in [-0.05, 0) is 13.3 Å². The second-order valence-electron chi connectivity index (χ2n) is 4.35. The van der Waals surface area contributed by atoms with Crippen LogP contribution in [-0.4, -0.2) is 30.2 Å². The third-order valence-corrected chi connectivity index (χ3v) is 2.81. The van der Waals surface area contributed by atoms with Crippen molar-refractivity contribution in [3.63, 3.8) is 0 Å². The molecule has 1 heterocycles. The van der Waals surface area contributed by atoms with Crippen molar-refractivity contribution < 1.29 is 9.47 Å². The first-order valence-electron chi connectivity index (χ1n) is 7.09. The Hall–Kier alpha value is -1.52. The van der Waals surface area contributed by atoms with Crippen LogP contribution in [0.3, 0.4) is 0 Å². The zero-order chi connectivity index (χ0) is 13.9. The minimum absolute atomic E-state index is 0.518. The van der Waals surface area contributed by atoms with Crippen molar-refractivity contribution in [1.82, 2.24) is 9.97 Å². The first-order valence-corrected chi connectivity index (χ1v) is 7.09. The highest BCUT2D eigenvalue weighted by atomic mass is 16.5. The Kier molecular flexibility index (Phi) is 7.70. The van der Waals surface area contributed by atoms with Gasteiger partial charge in [-0.25, -0.2) is 4.98 Å². The zero-order valence-electron chi connectivity index (χ0n) is 12.2. The van der Waals surface area contributed by atoms with Gasteiger partial charge in [-0.3, -0.25) is 0 Å². The van der Waals surface area contributed by atoms with Gasteiger partial charge in [0, 0.05) is 6.54 Å². The second-order valence-corrected chi connectivity index (χ2v) is 4.35. The molecule has 5 nitrogen and oxygen atoms in total. The molecule has 0 radical (unpaired) electrons. The number of ether oxygens (including phenoxy) is 2. The number of aromatic nitrogens is 2. The average Bonchev–Trinajstić information content (AvgIpc) is 2.43. The summed E-state index contributed by atoms with van der Waals surface area (Å²) >= 11 is 0. The van der Waals surface area contributed by atoms with Crippen molar-refractivity contribution in [3.05, 3.63) is 6.33 Å². The van der Waals surface area contributed by atoms with E-state index in [0.29, 0.717) is 24.1 Å². The second kappa shape index (κ2) is 9.42. The maximum absolute atomic E-state index is 5.68. The van der Waals surface area contributed by atoms with Gasteiger partial charge in [-0.2, -0.15) is 4.98 Å². The van der Waals surface area contributed by atoms with E-state index in [-0.39, 0.29) is 0 Å². The summed E-state index contributed by atoms with van der Waals surface area (Å²) in [5.74, 6) is 1.78. The molecule has 5 heteroatoms. The van der Waals surface area contributed by atoms with Crippen LogP contribution in [-0.2, 0) is 0 Å². The van der Waals surface area contributed by atoms with Gasteiger partial charge in [0.25, 0.3) is 5.88 Å². The largest absolute Gasteiger partial charge is 0.489 e. The van der Waals surface area contributed by atoms with Crippen molar-refractivity contribution in [1.29, 1.82) is 0 Å². The Bertz CT molecular complexity index is 359. The number of hydrogen-bond acceptors (Lipinski definition) is 5. The highest BCUT2D eigenvalue weighted by Gasteiger charge is 2.12. The highest BCUT2D eigenvalue weighted by molar-refractivity contribution is 5.54. The van der Waals surface area contributed by atoms with Crippen LogP contribution in [0.5, 0.6) is 11.6 Å². The van der Waals surface area contributed by atoms with Crippen LogP contribution >= 0.6 is 0 Å². The molecule has 1 aromatic rings. The van der Waals surface area contributed by atoms with E-state index < -0.39 is 0 Å². The lowest BCUT2D eigenvalue weighted by molar-refractivity contribution is 0.273. The molecule has 0 atom stereocenters. The van der Waals surface area contributed by atoms with Gasteiger partial charge >= 0.3 is 0 Å². The zero-order valence-corrected chi connectivity index (χ0v) is 12.2. The first kappa shape index (κ1) is 15.5. The van der Waals surface area contributed by atoms with Crippen LogP contribution in [0.4, 0.5) is 5.82 Å². The monoisotopic (exact) mass is 267 g/mol. The molecule has 0 unspecified atom stereocenters. The minimum Gasteiger partial charge on any atom is -0.489 e.